The third-order valence-corrected chi connectivity index (χ3v) is 5.08. The number of methoxy groups -OCH3 is 1. The van der Waals surface area contributed by atoms with Gasteiger partial charge in [-0.15, -0.1) is 0 Å². The second kappa shape index (κ2) is 10.5. The lowest BCUT2D eigenvalue weighted by Crippen LogP contribution is -2.49. The first-order valence-corrected chi connectivity index (χ1v) is 12.4. The molecular formula is C22H29N5O5S. The Kier molecular flexibility index (Phi) is 7.77. The van der Waals surface area contributed by atoms with Crippen LogP contribution in [-0.2, 0) is 10.1 Å². The Hall–Kier alpha value is -3.31. The number of aromatic amines is 1. The summed E-state index contributed by atoms with van der Waals surface area (Å²) in [5.41, 5.74) is 2.59. The van der Waals surface area contributed by atoms with Gasteiger partial charge in [0.15, 0.2) is 5.82 Å². The molecule has 10 nitrogen and oxygen atoms in total. The maximum atomic E-state index is 13.0. The molecule has 0 aliphatic carbocycles. The molecule has 0 saturated carbocycles. The van der Waals surface area contributed by atoms with Gasteiger partial charge in [-0.1, -0.05) is 0 Å². The van der Waals surface area contributed by atoms with Crippen molar-refractivity contribution < 1.29 is 22.5 Å². The highest BCUT2D eigenvalue weighted by Gasteiger charge is 2.25. The standard InChI is InChI=1S/C21H25N5O2.CH4O3S/c1-3-22-18-5-4-8-23-20(18)25-9-11-26(12-10-25)21(27)19-14-15-13-16(28-2)6-7-17(15)24-19;1-5(2,3)4/h4-8,13-14,22,24H,3,9-12H2,1-2H3;1H3,(H,2,3,4). The van der Waals surface area contributed by atoms with Gasteiger partial charge < -0.3 is 24.8 Å². The van der Waals surface area contributed by atoms with Crippen LogP contribution in [0.25, 0.3) is 10.9 Å². The van der Waals surface area contributed by atoms with Crippen LogP contribution in [0.4, 0.5) is 11.5 Å². The predicted molar refractivity (Wildman–Crippen MR) is 129 cm³/mol. The lowest BCUT2D eigenvalue weighted by atomic mass is 10.2. The minimum absolute atomic E-state index is 0.0303. The van der Waals surface area contributed by atoms with E-state index in [0.717, 1.165) is 47.8 Å². The fourth-order valence-electron chi connectivity index (χ4n) is 3.62. The quantitative estimate of drug-likeness (QED) is 0.480. The number of amides is 1. The molecule has 0 unspecified atom stereocenters. The molecule has 4 rings (SSSR count). The van der Waals surface area contributed by atoms with Crippen molar-refractivity contribution in [2.24, 2.45) is 0 Å². The average molecular weight is 476 g/mol. The summed E-state index contributed by atoms with van der Waals surface area (Å²) in [5, 5.41) is 4.33. The van der Waals surface area contributed by atoms with E-state index >= 15 is 0 Å². The number of carbonyl (C=O) groups is 1. The Morgan fingerprint density at radius 3 is 2.55 bits per heavy atom. The normalized spacial score (nSPS) is 13.9. The monoisotopic (exact) mass is 475 g/mol. The van der Waals surface area contributed by atoms with Gasteiger partial charge >= 0.3 is 0 Å². The third-order valence-electron chi connectivity index (χ3n) is 5.08. The Labute approximate surface area is 193 Å². The zero-order valence-corrected chi connectivity index (χ0v) is 19.7. The molecule has 1 aliphatic rings. The van der Waals surface area contributed by atoms with Gasteiger partial charge in [0.1, 0.15) is 11.4 Å². The summed E-state index contributed by atoms with van der Waals surface area (Å²) in [6.45, 7) is 5.77. The largest absolute Gasteiger partial charge is 0.497 e. The fourth-order valence-corrected chi connectivity index (χ4v) is 3.62. The van der Waals surface area contributed by atoms with Crippen LogP contribution in [0, 0.1) is 0 Å². The van der Waals surface area contributed by atoms with E-state index in [9.17, 15) is 13.2 Å². The van der Waals surface area contributed by atoms with E-state index < -0.39 is 10.1 Å². The number of aromatic nitrogens is 2. The van der Waals surface area contributed by atoms with Crippen LogP contribution in [0.2, 0.25) is 0 Å². The molecule has 1 fully saturated rings. The zero-order chi connectivity index (χ0) is 24.0. The summed E-state index contributed by atoms with van der Waals surface area (Å²) >= 11 is 0. The van der Waals surface area contributed by atoms with Gasteiger partial charge in [0.25, 0.3) is 16.0 Å². The first-order chi connectivity index (χ1) is 15.7. The van der Waals surface area contributed by atoms with Gasteiger partial charge in [0, 0.05) is 49.8 Å². The molecule has 178 valence electrons. The van der Waals surface area contributed by atoms with Crippen molar-refractivity contribution in [1.29, 1.82) is 0 Å². The fraction of sp³-hybridized carbons (Fsp3) is 0.364. The van der Waals surface area contributed by atoms with Crippen molar-refractivity contribution in [2.75, 3.05) is 56.3 Å². The van der Waals surface area contributed by atoms with E-state index in [2.05, 4.69) is 27.1 Å². The molecule has 1 aromatic carbocycles. The van der Waals surface area contributed by atoms with E-state index in [1.165, 1.54) is 0 Å². The van der Waals surface area contributed by atoms with Crippen LogP contribution in [0.3, 0.4) is 0 Å². The maximum absolute atomic E-state index is 13.0. The SMILES string of the molecule is CCNc1cccnc1N1CCN(C(=O)c2cc3cc(OC)ccc3[nH]2)CC1.CS(=O)(=O)O. The number of anilines is 2. The lowest BCUT2D eigenvalue weighted by molar-refractivity contribution is 0.0741. The molecule has 3 N–H and O–H groups in total. The van der Waals surface area contributed by atoms with Crippen LogP contribution in [0.15, 0.2) is 42.6 Å². The molecule has 0 atom stereocenters. The highest BCUT2D eigenvalue weighted by molar-refractivity contribution is 7.85. The molecule has 3 heterocycles. The molecular weight excluding hydrogens is 446 g/mol. The Morgan fingerprint density at radius 2 is 1.91 bits per heavy atom. The van der Waals surface area contributed by atoms with E-state index in [4.69, 9.17) is 9.29 Å². The topological polar surface area (TPSA) is 128 Å². The number of nitrogens with one attached hydrogen (secondary N) is 2. The number of piperazine rings is 1. The number of fused-ring (bicyclic) bond motifs is 1. The van der Waals surface area contributed by atoms with Crippen LogP contribution >= 0.6 is 0 Å². The highest BCUT2D eigenvalue weighted by atomic mass is 32.2. The summed E-state index contributed by atoms with van der Waals surface area (Å²) in [7, 11) is -2.03. The second-order valence-electron chi connectivity index (χ2n) is 7.55. The summed E-state index contributed by atoms with van der Waals surface area (Å²) < 4.78 is 31.1. The maximum Gasteiger partial charge on any atom is 0.270 e. The Morgan fingerprint density at radius 1 is 1.21 bits per heavy atom. The van der Waals surface area contributed by atoms with Crippen molar-refractivity contribution in [3.05, 3.63) is 48.3 Å². The summed E-state index contributed by atoms with van der Waals surface area (Å²) in [5.74, 6) is 1.77. The average Bonchev–Trinajstić information content (AvgIpc) is 3.21. The number of hydrogen-bond donors (Lipinski definition) is 3. The first-order valence-electron chi connectivity index (χ1n) is 10.5. The van der Waals surface area contributed by atoms with Crippen molar-refractivity contribution in [1.82, 2.24) is 14.9 Å². The Balaban J connectivity index is 0.000000555. The van der Waals surface area contributed by atoms with Gasteiger partial charge in [0.05, 0.1) is 19.1 Å². The molecule has 0 spiro atoms. The number of hydrogen-bond acceptors (Lipinski definition) is 7. The number of rotatable bonds is 5. The van der Waals surface area contributed by atoms with E-state index in [-0.39, 0.29) is 5.91 Å². The van der Waals surface area contributed by atoms with E-state index in [1.54, 1.807) is 7.11 Å². The molecule has 1 aliphatic heterocycles. The summed E-state index contributed by atoms with van der Waals surface area (Å²) in [6.07, 6.45) is 2.53. The number of ether oxygens (including phenoxy) is 1. The van der Waals surface area contributed by atoms with Crippen molar-refractivity contribution in [3.63, 3.8) is 0 Å². The molecule has 3 aromatic rings. The number of pyridine rings is 1. The minimum Gasteiger partial charge on any atom is -0.497 e. The Bertz CT molecular complexity index is 1190. The van der Waals surface area contributed by atoms with Crippen molar-refractivity contribution >= 4 is 38.4 Å². The van der Waals surface area contributed by atoms with Gasteiger partial charge in [-0.25, -0.2) is 4.98 Å². The minimum atomic E-state index is -3.67. The summed E-state index contributed by atoms with van der Waals surface area (Å²) in [6, 6.07) is 11.6. The molecule has 0 radical (unpaired) electrons. The highest BCUT2D eigenvalue weighted by Crippen LogP contribution is 2.25. The molecule has 1 saturated heterocycles. The van der Waals surface area contributed by atoms with E-state index in [0.29, 0.717) is 25.0 Å². The second-order valence-corrected chi connectivity index (χ2v) is 9.02. The number of carbonyl (C=O) groups excluding carboxylic acids is 1. The van der Waals surface area contributed by atoms with Crippen LogP contribution in [-0.4, -0.2) is 79.8 Å². The van der Waals surface area contributed by atoms with Gasteiger partial charge in [-0.05, 0) is 43.3 Å². The lowest BCUT2D eigenvalue weighted by Gasteiger charge is -2.36. The van der Waals surface area contributed by atoms with E-state index in [1.807, 2.05) is 47.5 Å². The third kappa shape index (κ3) is 6.59. The molecule has 2 aromatic heterocycles. The van der Waals surface area contributed by atoms with Crippen molar-refractivity contribution in [3.8, 4) is 5.75 Å². The zero-order valence-electron chi connectivity index (χ0n) is 18.9. The van der Waals surface area contributed by atoms with Gasteiger partial charge in [0.2, 0.25) is 0 Å². The number of benzene rings is 1. The van der Waals surface area contributed by atoms with Gasteiger partial charge in [-0.2, -0.15) is 8.42 Å². The molecule has 33 heavy (non-hydrogen) atoms. The molecule has 0 bridgehead atoms. The predicted octanol–water partition coefficient (Wildman–Crippen LogP) is 2.47. The molecule has 1 amide bonds. The van der Waals surface area contributed by atoms with Gasteiger partial charge in [-0.3, -0.25) is 9.35 Å². The molecule has 11 heteroatoms. The summed E-state index contributed by atoms with van der Waals surface area (Å²) in [4.78, 5) is 24.9. The number of nitrogens with zero attached hydrogens (tertiary/aromatic N) is 3. The van der Waals surface area contributed by atoms with Crippen molar-refractivity contribution in [2.45, 2.75) is 6.92 Å². The number of H-pyrrole nitrogens is 1. The first kappa shape index (κ1) is 24.3. The smallest absolute Gasteiger partial charge is 0.270 e. The van der Waals surface area contributed by atoms with Crippen LogP contribution < -0.4 is 15.0 Å². The van der Waals surface area contributed by atoms with Crippen LogP contribution in [0.1, 0.15) is 17.4 Å². The van der Waals surface area contributed by atoms with Crippen LogP contribution in [0.5, 0.6) is 5.75 Å².